The average molecular weight is 259 g/mol. The molecule has 0 atom stereocenters. The second kappa shape index (κ2) is 5.77. The van der Waals surface area contributed by atoms with E-state index in [0.717, 1.165) is 0 Å². The molecule has 0 fully saturated rings. The number of nitrogens with one attached hydrogen (secondary N) is 1. The molecule has 0 aliphatic rings. The predicted octanol–water partition coefficient (Wildman–Crippen LogP) is 1.86. The molecule has 0 saturated carbocycles. The Balaban J connectivity index is 2.93. The van der Waals surface area contributed by atoms with Gasteiger partial charge in [0.1, 0.15) is 0 Å². The molecule has 6 heteroatoms. The highest BCUT2D eigenvalue weighted by atomic mass is 32.2. The molecule has 1 rings (SSSR count). The summed E-state index contributed by atoms with van der Waals surface area (Å²) in [6, 6.07) is 4.88. The molecule has 5 nitrogen and oxygen atoms in total. The summed E-state index contributed by atoms with van der Waals surface area (Å²) >= 11 is 0. The summed E-state index contributed by atoms with van der Waals surface area (Å²) in [5, 5.41) is 0. The Bertz CT molecular complexity index is 470. The average Bonchev–Trinajstić information content (AvgIpc) is 2.28. The molecule has 1 N–H and O–H groups in total. The van der Waals surface area contributed by atoms with Crippen molar-refractivity contribution in [1.82, 2.24) is 0 Å². The molecule has 0 radical (unpaired) electrons. The maximum Gasteiger partial charge on any atom is 0.232 e. The fourth-order valence-corrected chi connectivity index (χ4v) is 2.52. The Morgan fingerprint density at radius 3 is 2.35 bits per heavy atom. The number of hydrogen-bond donors (Lipinski definition) is 1. The lowest BCUT2D eigenvalue weighted by Crippen LogP contribution is -2.16. The minimum Gasteiger partial charge on any atom is -0.493 e. The Labute approximate surface area is 102 Å². The second-order valence-electron chi connectivity index (χ2n) is 3.49. The van der Waals surface area contributed by atoms with Gasteiger partial charge in [0.25, 0.3) is 0 Å². The van der Waals surface area contributed by atoms with Gasteiger partial charge in [-0.05, 0) is 18.6 Å². The summed E-state index contributed by atoms with van der Waals surface area (Å²) in [4.78, 5) is 0. The van der Waals surface area contributed by atoms with Gasteiger partial charge in [0.05, 0.1) is 25.7 Å². The minimum atomic E-state index is -3.28. The molecular formula is C11H17NO4S. The normalized spacial score (nSPS) is 11.0. The molecule has 0 aliphatic carbocycles. The monoisotopic (exact) mass is 259 g/mol. The number of anilines is 1. The summed E-state index contributed by atoms with van der Waals surface area (Å²) < 4.78 is 35.8. The van der Waals surface area contributed by atoms with Crippen molar-refractivity contribution in [1.29, 1.82) is 0 Å². The van der Waals surface area contributed by atoms with Crippen LogP contribution in [0.4, 0.5) is 5.69 Å². The summed E-state index contributed by atoms with van der Waals surface area (Å²) in [5.41, 5.74) is 0.469. The van der Waals surface area contributed by atoms with Gasteiger partial charge in [0.2, 0.25) is 10.0 Å². The fourth-order valence-electron chi connectivity index (χ4n) is 1.40. The molecule has 0 heterocycles. The lowest BCUT2D eigenvalue weighted by Gasteiger charge is -2.11. The first kappa shape index (κ1) is 13.6. The van der Waals surface area contributed by atoms with Gasteiger partial charge in [-0.3, -0.25) is 4.72 Å². The van der Waals surface area contributed by atoms with Crippen molar-refractivity contribution in [2.75, 3.05) is 24.7 Å². The lowest BCUT2D eigenvalue weighted by molar-refractivity contribution is 0.355. The molecule has 17 heavy (non-hydrogen) atoms. The van der Waals surface area contributed by atoms with E-state index in [1.165, 1.54) is 14.2 Å². The highest BCUT2D eigenvalue weighted by Gasteiger charge is 2.11. The van der Waals surface area contributed by atoms with Crippen molar-refractivity contribution >= 4 is 15.7 Å². The Morgan fingerprint density at radius 2 is 1.82 bits per heavy atom. The Hall–Kier alpha value is -1.43. The van der Waals surface area contributed by atoms with Gasteiger partial charge in [-0.2, -0.15) is 0 Å². The van der Waals surface area contributed by atoms with Crippen LogP contribution < -0.4 is 14.2 Å². The van der Waals surface area contributed by atoms with E-state index in [0.29, 0.717) is 23.6 Å². The van der Waals surface area contributed by atoms with Crippen LogP contribution in [0, 0.1) is 0 Å². The zero-order valence-corrected chi connectivity index (χ0v) is 11.0. The van der Waals surface area contributed by atoms with Crippen LogP contribution in [0.3, 0.4) is 0 Å². The SMILES string of the molecule is CCCS(=O)(=O)Nc1ccc(OC)c(OC)c1. The van der Waals surface area contributed by atoms with E-state index in [-0.39, 0.29) is 5.75 Å². The number of rotatable bonds is 6. The molecule has 0 aliphatic heterocycles. The second-order valence-corrected chi connectivity index (χ2v) is 5.33. The van der Waals surface area contributed by atoms with Crippen LogP contribution in [0.5, 0.6) is 11.5 Å². The van der Waals surface area contributed by atoms with Crippen molar-refractivity contribution in [3.8, 4) is 11.5 Å². The first-order valence-electron chi connectivity index (χ1n) is 5.25. The molecule has 0 spiro atoms. The van der Waals surface area contributed by atoms with Crippen molar-refractivity contribution < 1.29 is 17.9 Å². The smallest absolute Gasteiger partial charge is 0.232 e. The zero-order chi connectivity index (χ0) is 12.9. The molecule has 0 amide bonds. The van der Waals surface area contributed by atoms with E-state index < -0.39 is 10.0 Å². The Kier molecular flexibility index (Phi) is 4.62. The number of benzene rings is 1. The third-order valence-electron chi connectivity index (χ3n) is 2.13. The standard InChI is InChI=1S/C11H17NO4S/c1-4-7-17(13,14)12-9-5-6-10(15-2)11(8-9)16-3/h5-6,8,12H,4,7H2,1-3H3. The number of sulfonamides is 1. The van der Waals surface area contributed by atoms with E-state index in [1.807, 2.05) is 6.92 Å². The van der Waals surface area contributed by atoms with Gasteiger partial charge in [-0.1, -0.05) is 6.92 Å². The van der Waals surface area contributed by atoms with Gasteiger partial charge >= 0.3 is 0 Å². The quantitative estimate of drug-likeness (QED) is 0.846. The third-order valence-corrected chi connectivity index (χ3v) is 3.62. The number of hydrogen-bond acceptors (Lipinski definition) is 4. The van der Waals surface area contributed by atoms with E-state index >= 15 is 0 Å². The first-order chi connectivity index (χ1) is 8.02. The zero-order valence-electron chi connectivity index (χ0n) is 10.2. The maximum atomic E-state index is 11.6. The van der Waals surface area contributed by atoms with Crippen molar-refractivity contribution in [2.45, 2.75) is 13.3 Å². The van der Waals surface area contributed by atoms with E-state index in [2.05, 4.69) is 4.72 Å². The van der Waals surface area contributed by atoms with E-state index in [1.54, 1.807) is 18.2 Å². The van der Waals surface area contributed by atoms with Crippen LogP contribution in [0.15, 0.2) is 18.2 Å². The van der Waals surface area contributed by atoms with Gasteiger partial charge < -0.3 is 9.47 Å². The Morgan fingerprint density at radius 1 is 1.18 bits per heavy atom. The molecule has 0 saturated heterocycles. The molecular weight excluding hydrogens is 242 g/mol. The largest absolute Gasteiger partial charge is 0.493 e. The highest BCUT2D eigenvalue weighted by Crippen LogP contribution is 2.30. The highest BCUT2D eigenvalue weighted by molar-refractivity contribution is 7.92. The first-order valence-corrected chi connectivity index (χ1v) is 6.90. The summed E-state index contributed by atoms with van der Waals surface area (Å²) in [6.07, 6.45) is 0.572. The molecule has 0 unspecified atom stereocenters. The predicted molar refractivity (Wildman–Crippen MR) is 67.2 cm³/mol. The maximum absolute atomic E-state index is 11.6. The van der Waals surface area contributed by atoms with Gasteiger partial charge in [-0.15, -0.1) is 0 Å². The summed E-state index contributed by atoms with van der Waals surface area (Å²) in [7, 11) is -0.247. The summed E-state index contributed by atoms with van der Waals surface area (Å²) in [5.74, 6) is 1.15. The lowest BCUT2D eigenvalue weighted by atomic mass is 10.3. The molecule has 0 bridgehead atoms. The molecule has 0 aromatic heterocycles. The van der Waals surface area contributed by atoms with Crippen LogP contribution in [-0.2, 0) is 10.0 Å². The van der Waals surface area contributed by atoms with Gasteiger partial charge in [0.15, 0.2) is 11.5 Å². The van der Waals surface area contributed by atoms with Crippen LogP contribution in [0.25, 0.3) is 0 Å². The number of ether oxygens (including phenoxy) is 2. The van der Waals surface area contributed by atoms with Crippen LogP contribution >= 0.6 is 0 Å². The summed E-state index contributed by atoms with van der Waals surface area (Å²) in [6.45, 7) is 1.81. The topological polar surface area (TPSA) is 64.6 Å². The van der Waals surface area contributed by atoms with Crippen LogP contribution in [-0.4, -0.2) is 28.4 Å². The molecule has 1 aromatic carbocycles. The van der Waals surface area contributed by atoms with Crippen LogP contribution in [0.2, 0.25) is 0 Å². The minimum absolute atomic E-state index is 0.0986. The van der Waals surface area contributed by atoms with E-state index in [4.69, 9.17) is 9.47 Å². The fraction of sp³-hybridized carbons (Fsp3) is 0.455. The van der Waals surface area contributed by atoms with Crippen molar-refractivity contribution in [3.05, 3.63) is 18.2 Å². The van der Waals surface area contributed by atoms with Crippen LogP contribution in [0.1, 0.15) is 13.3 Å². The number of methoxy groups -OCH3 is 2. The molecule has 1 aromatic rings. The van der Waals surface area contributed by atoms with Crippen molar-refractivity contribution in [2.24, 2.45) is 0 Å². The van der Waals surface area contributed by atoms with Crippen molar-refractivity contribution in [3.63, 3.8) is 0 Å². The third kappa shape index (κ3) is 3.81. The van der Waals surface area contributed by atoms with E-state index in [9.17, 15) is 8.42 Å². The van der Waals surface area contributed by atoms with Gasteiger partial charge in [0, 0.05) is 6.07 Å². The molecule has 96 valence electrons. The van der Waals surface area contributed by atoms with Gasteiger partial charge in [-0.25, -0.2) is 8.42 Å².